The van der Waals surface area contributed by atoms with Crippen LogP contribution in [0.5, 0.6) is 0 Å². The first-order valence-electron chi connectivity index (χ1n) is 6.98. The van der Waals surface area contributed by atoms with Gasteiger partial charge in [0, 0.05) is 5.02 Å². The fraction of sp³-hybridized carbons (Fsp3) is 0.167. The highest BCUT2D eigenvalue weighted by molar-refractivity contribution is 7.95. The summed E-state index contributed by atoms with van der Waals surface area (Å²) in [6, 6.07) is 14.1. The number of halogens is 1. The molecule has 2 aromatic rings. The van der Waals surface area contributed by atoms with E-state index in [1.165, 1.54) is 6.08 Å². The second-order valence-electron chi connectivity index (χ2n) is 5.37. The zero-order valence-corrected chi connectivity index (χ0v) is 14.4. The van der Waals surface area contributed by atoms with E-state index >= 15 is 0 Å². The number of hydrogen-bond acceptors (Lipinski definition) is 3. The van der Waals surface area contributed by atoms with Crippen LogP contribution in [0.25, 0.3) is 6.08 Å². The van der Waals surface area contributed by atoms with E-state index in [4.69, 9.17) is 11.6 Å². The lowest BCUT2D eigenvalue weighted by molar-refractivity contribution is 0.602. The third kappa shape index (κ3) is 4.44. The molecule has 0 fully saturated rings. The predicted octanol–water partition coefficient (Wildman–Crippen LogP) is 4.44. The van der Waals surface area contributed by atoms with E-state index in [0.29, 0.717) is 10.6 Å². The number of allylic oxidation sites excluding steroid dienone is 1. The first-order valence-corrected chi connectivity index (χ1v) is 9.01. The van der Waals surface area contributed by atoms with Crippen LogP contribution in [0.2, 0.25) is 5.02 Å². The molecular formula is C18H16ClNO2S. The van der Waals surface area contributed by atoms with Gasteiger partial charge in [-0.15, -0.1) is 0 Å². The summed E-state index contributed by atoms with van der Waals surface area (Å²) in [5.41, 5.74) is 3.26. The molecule has 23 heavy (non-hydrogen) atoms. The largest absolute Gasteiger partial charge is 0.223 e. The lowest BCUT2D eigenvalue weighted by atomic mass is 10.1. The lowest BCUT2D eigenvalue weighted by Gasteiger charge is -2.06. The maximum atomic E-state index is 12.5. The van der Waals surface area contributed by atoms with Crippen molar-refractivity contribution in [2.45, 2.75) is 19.6 Å². The van der Waals surface area contributed by atoms with Crippen molar-refractivity contribution in [2.24, 2.45) is 0 Å². The van der Waals surface area contributed by atoms with Gasteiger partial charge in [0.2, 0.25) is 0 Å². The van der Waals surface area contributed by atoms with Gasteiger partial charge in [0.1, 0.15) is 11.0 Å². The fourth-order valence-corrected chi connectivity index (χ4v) is 3.48. The summed E-state index contributed by atoms with van der Waals surface area (Å²) in [6.07, 6.45) is 1.44. The Morgan fingerprint density at radius 2 is 1.83 bits per heavy atom. The van der Waals surface area contributed by atoms with Gasteiger partial charge in [0.05, 0.1) is 5.75 Å². The van der Waals surface area contributed by atoms with Gasteiger partial charge in [-0.05, 0) is 48.7 Å². The molecule has 0 bridgehead atoms. The van der Waals surface area contributed by atoms with Gasteiger partial charge in [0.15, 0.2) is 9.84 Å². The van der Waals surface area contributed by atoms with Crippen LogP contribution in [0.4, 0.5) is 0 Å². The molecule has 0 aromatic heterocycles. The number of aryl methyl sites for hydroxylation is 2. The van der Waals surface area contributed by atoms with Gasteiger partial charge in [-0.3, -0.25) is 0 Å². The Morgan fingerprint density at radius 3 is 2.43 bits per heavy atom. The molecule has 0 aliphatic rings. The van der Waals surface area contributed by atoms with Crippen molar-refractivity contribution in [1.29, 1.82) is 5.26 Å². The second-order valence-corrected chi connectivity index (χ2v) is 7.76. The summed E-state index contributed by atoms with van der Waals surface area (Å²) < 4.78 is 25.0. The summed E-state index contributed by atoms with van der Waals surface area (Å²) in [5, 5.41) is 9.83. The van der Waals surface area contributed by atoms with Gasteiger partial charge in [0.25, 0.3) is 0 Å². The van der Waals surface area contributed by atoms with Crippen LogP contribution in [0.1, 0.15) is 22.3 Å². The van der Waals surface area contributed by atoms with Crippen LogP contribution >= 0.6 is 11.6 Å². The van der Waals surface area contributed by atoms with Crippen LogP contribution in [0, 0.1) is 25.2 Å². The Kier molecular flexibility index (Phi) is 5.25. The molecule has 0 N–H and O–H groups in total. The van der Waals surface area contributed by atoms with Crippen molar-refractivity contribution in [3.63, 3.8) is 0 Å². The van der Waals surface area contributed by atoms with Crippen molar-refractivity contribution in [3.8, 4) is 6.07 Å². The molecular weight excluding hydrogens is 330 g/mol. The molecule has 0 spiro atoms. The summed E-state index contributed by atoms with van der Waals surface area (Å²) in [4.78, 5) is -0.235. The average Bonchev–Trinajstić information content (AvgIpc) is 2.50. The van der Waals surface area contributed by atoms with E-state index in [1.54, 1.807) is 24.3 Å². The zero-order valence-electron chi connectivity index (χ0n) is 12.9. The Bertz CT molecular complexity index is 892. The Labute approximate surface area is 141 Å². The molecule has 3 nitrogen and oxygen atoms in total. The van der Waals surface area contributed by atoms with Crippen molar-refractivity contribution in [2.75, 3.05) is 0 Å². The quantitative estimate of drug-likeness (QED) is 0.770. The van der Waals surface area contributed by atoms with Crippen LogP contribution < -0.4 is 0 Å². The zero-order chi connectivity index (χ0) is 17.0. The summed E-state index contributed by atoms with van der Waals surface area (Å²) >= 11 is 5.80. The van der Waals surface area contributed by atoms with E-state index in [0.717, 1.165) is 16.7 Å². The molecule has 2 rings (SSSR count). The topological polar surface area (TPSA) is 57.9 Å². The number of nitriles is 1. The highest BCUT2D eigenvalue weighted by atomic mass is 35.5. The Morgan fingerprint density at radius 1 is 1.17 bits per heavy atom. The minimum absolute atomic E-state index is 0.228. The maximum absolute atomic E-state index is 12.5. The van der Waals surface area contributed by atoms with Crippen molar-refractivity contribution < 1.29 is 8.42 Å². The molecule has 0 amide bonds. The van der Waals surface area contributed by atoms with Crippen LogP contribution in [-0.2, 0) is 15.6 Å². The predicted molar refractivity (Wildman–Crippen MR) is 93.6 cm³/mol. The smallest absolute Gasteiger partial charge is 0.192 e. The van der Waals surface area contributed by atoms with Crippen LogP contribution in [0.3, 0.4) is 0 Å². The minimum atomic E-state index is -3.71. The van der Waals surface area contributed by atoms with E-state index in [1.807, 2.05) is 38.1 Å². The SMILES string of the molecule is Cc1ccc(C)c(C=C(C#N)S(=O)(=O)Cc2ccc(Cl)cc2)c1. The van der Waals surface area contributed by atoms with Crippen LogP contribution in [0.15, 0.2) is 47.4 Å². The highest BCUT2D eigenvalue weighted by Crippen LogP contribution is 2.21. The fourth-order valence-electron chi connectivity index (χ4n) is 2.13. The molecule has 0 heterocycles. The molecule has 0 unspecified atom stereocenters. The van der Waals surface area contributed by atoms with E-state index in [2.05, 4.69) is 0 Å². The first-order chi connectivity index (χ1) is 10.8. The lowest BCUT2D eigenvalue weighted by Crippen LogP contribution is -2.06. The maximum Gasteiger partial charge on any atom is 0.192 e. The van der Waals surface area contributed by atoms with Crippen LogP contribution in [-0.4, -0.2) is 8.42 Å². The molecule has 118 valence electrons. The summed E-state index contributed by atoms with van der Waals surface area (Å²) in [6.45, 7) is 3.80. The summed E-state index contributed by atoms with van der Waals surface area (Å²) in [5.74, 6) is -0.228. The van der Waals surface area contributed by atoms with Gasteiger partial charge in [-0.25, -0.2) is 8.42 Å². The molecule has 0 saturated carbocycles. The molecule has 0 atom stereocenters. The summed E-state index contributed by atoms with van der Waals surface area (Å²) in [7, 11) is -3.71. The third-order valence-corrected chi connectivity index (χ3v) is 5.28. The van der Waals surface area contributed by atoms with Gasteiger partial charge in [-0.2, -0.15) is 5.26 Å². The molecule has 2 aromatic carbocycles. The molecule has 0 aliphatic carbocycles. The number of benzene rings is 2. The second kappa shape index (κ2) is 6.99. The Hall–Kier alpha value is -2.09. The average molecular weight is 346 g/mol. The Balaban J connectivity index is 2.39. The van der Waals surface area contributed by atoms with Crippen molar-refractivity contribution >= 4 is 27.5 Å². The number of hydrogen-bond donors (Lipinski definition) is 0. The standard InChI is InChI=1S/C18H16ClNO2S/c1-13-3-4-14(2)16(9-13)10-18(11-20)23(21,22)12-15-5-7-17(19)8-6-15/h3-10H,12H2,1-2H3. The first kappa shape index (κ1) is 17.3. The van der Waals surface area contributed by atoms with Gasteiger partial charge >= 0.3 is 0 Å². The molecule has 0 saturated heterocycles. The number of sulfone groups is 1. The van der Waals surface area contributed by atoms with Gasteiger partial charge < -0.3 is 0 Å². The number of nitrogens with zero attached hydrogens (tertiary/aromatic N) is 1. The third-order valence-electron chi connectivity index (χ3n) is 3.44. The van der Waals surface area contributed by atoms with E-state index < -0.39 is 9.84 Å². The molecule has 0 aliphatic heterocycles. The molecule has 5 heteroatoms. The molecule has 0 radical (unpaired) electrons. The van der Waals surface area contributed by atoms with Gasteiger partial charge in [-0.1, -0.05) is 47.5 Å². The monoisotopic (exact) mass is 345 g/mol. The van der Waals surface area contributed by atoms with E-state index in [-0.39, 0.29) is 10.7 Å². The number of rotatable bonds is 4. The van der Waals surface area contributed by atoms with Crippen molar-refractivity contribution in [1.82, 2.24) is 0 Å². The minimum Gasteiger partial charge on any atom is -0.223 e. The van der Waals surface area contributed by atoms with E-state index in [9.17, 15) is 13.7 Å². The highest BCUT2D eigenvalue weighted by Gasteiger charge is 2.19. The van der Waals surface area contributed by atoms with Crippen molar-refractivity contribution in [3.05, 3.63) is 74.6 Å². The normalized spacial score (nSPS) is 12.0.